The van der Waals surface area contributed by atoms with E-state index in [4.69, 9.17) is 21.1 Å². The van der Waals surface area contributed by atoms with Crippen LogP contribution in [-0.2, 0) is 0 Å². The summed E-state index contributed by atoms with van der Waals surface area (Å²) in [6, 6.07) is 12.0. The monoisotopic (exact) mass is 302 g/mol. The van der Waals surface area contributed by atoms with Crippen molar-refractivity contribution >= 4 is 23.7 Å². The molecule has 5 nitrogen and oxygen atoms in total. The van der Waals surface area contributed by atoms with E-state index in [9.17, 15) is 4.79 Å². The van der Waals surface area contributed by atoms with Crippen LogP contribution in [0.2, 0.25) is 5.02 Å². The van der Waals surface area contributed by atoms with Crippen molar-refractivity contribution in [2.45, 2.75) is 0 Å². The van der Waals surface area contributed by atoms with E-state index in [1.807, 2.05) is 6.07 Å². The minimum atomic E-state index is -0.302. The van der Waals surface area contributed by atoms with Gasteiger partial charge in [0.25, 0.3) is 5.91 Å². The summed E-state index contributed by atoms with van der Waals surface area (Å²) in [4.78, 5) is 11.8. The van der Waals surface area contributed by atoms with Gasteiger partial charge in [0.05, 0.1) is 6.21 Å². The third-order valence-electron chi connectivity index (χ3n) is 2.88. The van der Waals surface area contributed by atoms with Crippen molar-refractivity contribution < 1.29 is 14.3 Å². The largest absolute Gasteiger partial charge is 0.454 e. The topological polar surface area (TPSA) is 59.9 Å². The zero-order valence-electron chi connectivity index (χ0n) is 10.9. The Hall–Kier alpha value is -2.53. The Morgan fingerprint density at radius 3 is 2.71 bits per heavy atom. The lowest BCUT2D eigenvalue weighted by Gasteiger charge is -2.00. The molecule has 0 saturated heterocycles. The average molecular weight is 303 g/mol. The quantitative estimate of drug-likeness (QED) is 0.700. The maximum absolute atomic E-state index is 11.8. The molecule has 0 atom stereocenters. The van der Waals surface area contributed by atoms with Crippen LogP contribution in [0.3, 0.4) is 0 Å². The lowest BCUT2D eigenvalue weighted by molar-refractivity contribution is 0.0955. The summed E-state index contributed by atoms with van der Waals surface area (Å²) in [5.74, 6) is 1.07. The van der Waals surface area contributed by atoms with Gasteiger partial charge in [-0.3, -0.25) is 4.79 Å². The lowest BCUT2D eigenvalue weighted by atomic mass is 10.2. The molecule has 0 aliphatic carbocycles. The van der Waals surface area contributed by atoms with Crippen molar-refractivity contribution in [1.29, 1.82) is 0 Å². The van der Waals surface area contributed by atoms with Gasteiger partial charge in [-0.25, -0.2) is 5.43 Å². The van der Waals surface area contributed by atoms with E-state index in [0.29, 0.717) is 22.1 Å². The van der Waals surface area contributed by atoms with E-state index >= 15 is 0 Å². The summed E-state index contributed by atoms with van der Waals surface area (Å²) in [6.45, 7) is 0.225. The van der Waals surface area contributed by atoms with E-state index in [-0.39, 0.29) is 12.7 Å². The Labute approximate surface area is 126 Å². The summed E-state index contributed by atoms with van der Waals surface area (Å²) in [5, 5.41) is 4.49. The number of nitrogens with one attached hydrogen (secondary N) is 1. The van der Waals surface area contributed by atoms with Crippen molar-refractivity contribution in [3.63, 3.8) is 0 Å². The average Bonchev–Trinajstić information content (AvgIpc) is 2.95. The highest BCUT2D eigenvalue weighted by Crippen LogP contribution is 2.31. The van der Waals surface area contributed by atoms with Crippen LogP contribution in [0.5, 0.6) is 11.5 Å². The highest BCUT2D eigenvalue weighted by molar-refractivity contribution is 6.30. The molecule has 1 aliphatic rings. The molecule has 0 unspecified atom stereocenters. The Bertz CT molecular complexity index is 699. The van der Waals surface area contributed by atoms with Gasteiger partial charge in [-0.15, -0.1) is 0 Å². The molecule has 1 amide bonds. The van der Waals surface area contributed by atoms with Crippen LogP contribution in [0, 0.1) is 0 Å². The van der Waals surface area contributed by atoms with Gasteiger partial charge in [0.15, 0.2) is 11.5 Å². The van der Waals surface area contributed by atoms with Crippen LogP contribution in [0.1, 0.15) is 15.9 Å². The molecule has 6 heteroatoms. The number of hydrogen-bond acceptors (Lipinski definition) is 4. The number of carbonyl (C=O) groups excluding carboxylic acids is 1. The highest BCUT2D eigenvalue weighted by Gasteiger charge is 2.12. The van der Waals surface area contributed by atoms with Gasteiger partial charge in [0.2, 0.25) is 6.79 Å². The number of carbonyl (C=O) groups is 1. The van der Waals surface area contributed by atoms with Gasteiger partial charge >= 0.3 is 0 Å². The summed E-state index contributed by atoms with van der Waals surface area (Å²) in [5.41, 5.74) is 3.74. The van der Waals surface area contributed by atoms with E-state index in [2.05, 4.69) is 10.5 Å². The first-order valence-corrected chi connectivity index (χ1v) is 6.59. The number of fused-ring (bicyclic) bond motifs is 1. The summed E-state index contributed by atoms with van der Waals surface area (Å²) in [6.07, 6.45) is 1.54. The summed E-state index contributed by atoms with van der Waals surface area (Å²) < 4.78 is 10.5. The fraction of sp³-hybridized carbons (Fsp3) is 0.0667. The summed E-state index contributed by atoms with van der Waals surface area (Å²) >= 11 is 5.76. The second kappa shape index (κ2) is 5.85. The SMILES string of the molecule is O=C(NN=Cc1ccc2c(c1)OCO2)c1ccc(Cl)cc1. The maximum Gasteiger partial charge on any atom is 0.271 e. The zero-order chi connectivity index (χ0) is 14.7. The molecule has 0 spiro atoms. The van der Waals surface area contributed by atoms with Gasteiger partial charge in [0.1, 0.15) is 0 Å². The van der Waals surface area contributed by atoms with E-state index in [1.165, 1.54) is 6.21 Å². The molecule has 0 fully saturated rings. The molecule has 3 rings (SSSR count). The minimum Gasteiger partial charge on any atom is -0.454 e. The number of hydrazone groups is 1. The molecular formula is C15H11ClN2O3. The first-order chi connectivity index (χ1) is 10.2. The van der Waals surface area contributed by atoms with Gasteiger partial charge < -0.3 is 9.47 Å². The van der Waals surface area contributed by atoms with Crippen molar-refractivity contribution in [2.24, 2.45) is 5.10 Å². The van der Waals surface area contributed by atoms with Crippen molar-refractivity contribution in [3.8, 4) is 11.5 Å². The van der Waals surface area contributed by atoms with E-state index in [1.54, 1.807) is 36.4 Å². The molecule has 0 radical (unpaired) electrons. The molecular weight excluding hydrogens is 292 g/mol. The number of halogens is 1. The zero-order valence-corrected chi connectivity index (χ0v) is 11.6. The first-order valence-electron chi connectivity index (χ1n) is 6.21. The first kappa shape index (κ1) is 13.5. The Morgan fingerprint density at radius 2 is 1.90 bits per heavy atom. The van der Waals surface area contributed by atoms with Crippen molar-refractivity contribution in [1.82, 2.24) is 5.43 Å². The molecule has 21 heavy (non-hydrogen) atoms. The van der Waals surface area contributed by atoms with Crippen molar-refractivity contribution in [2.75, 3.05) is 6.79 Å². The Morgan fingerprint density at radius 1 is 1.14 bits per heavy atom. The molecule has 2 aromatic carbocycles. The number of ether oxygens (including phenoxy) is 2. The fourth-order valence-electron chi connectivity index (χ4n) is 1.82. The van der Waals surface area contributed by atoms with E-state index in [0.717, 1.165) is 5.56 Å². The molecule has 1 heterocycles. The number of rotatable bonds is 3. The second-order valence-electron chi connectivity index (χ2n) is 4.32. The highest BCUT2D eigenvalue weighted by atomic mass is 35.5. The molecule has 1 aliphatic heterocycles. The normalized spacial score (nSPS) is 12.6. The standard InChI is InChI=1S/C15H11ClN2O3/c16-12-4-2-11(3-5-12)15(19)18-17-8-10-1-6-13-14(7-10)21-9-20-13/h1-8H,9H2,(H,18,19). The second-order valence-corrected chi connectivity index (χ2v) is 4.76. The van der Waals surface area contributed by atoms with Crippen LogP contribution in [-0.4, -0.2) is 18.9 Å². The maximum atomic E-state index is 11.8. The number of nitrogens with zero attached hydrogens (tertiary/aromatic N) is 1. The van der Waals surface area contributed by atoms with Gasteiger partial charge in [-0.1, -0.05) is 11.6 Å². The number of amides is 1. The lowest BCUT2D eigenvalue weighted by Crippen LogP contribution is -2.17. The van der Waals surface area contributed by atoms with Crippen LogP contribution < -0.4 is 14.9 Å². The van der Waals surface area contributed by atoms with Gasteiger partial charge in [-0.2, -0.15) is 5.10 Å². The number of hydrogen-bond donors (Lipinski definition) is 1. The summed E-state index contributed by atoms with van der Waals surface area (Å²) in [7, 11) is 0. The minimum absolute atomic E-state index is 0.225. The predicted molar refractivity (Wildman–Crippen MR) is 79.1 cm³/mol. The molecule has 0 aromatic heterocycles. The van der Waals surface area contributed by atoms with Crippen LogP contribution >= 0.6 is 11.6 Å². The molecule has 0 saturated carbocycles. The fourth-order valence-corrected chi connectivity index (χ4v) is 1.95. The third kappa shape index (κ3) is 3.14. The van der Waals surface area contributed by atoms with Crippen LogP contribution in [0.25, 0.3) is 0 Å². The van der Waals surface area contributed by atoms with Crippen LogP contribution in [0.15, 0.2) is 47.6 Å². The molecule has 1 N–H and O–H groups in total. The molecule has 2 aromatic rings. The van der Waals surface area contributed by atoms with Crippen molar-refractivity contribution in [3.05, 3.63) is 58.6 Å². The Kier molecular flexibility index (Phi) is 3.75. The molecule has 106 valence electrons. The van der Waals surface area contributed by atoms with Gasteiger partial charge in [-0.05, 0) is 48.0 Å². The van der Waals surface area contributed by atoms with Crippen LogP contribution in [0.4, 0.5) is 0 Å². The smallest absolute Gasteiger partial charge is 0.271 e. The number of benzene rings is 2. The predicted octanol–water partition coefficient (Wildman–Crippen LogP) is 2.83. The third-order valence-corrected chi connectivity index (χ3v) is 3.13. The Balaban J connectivity index is 1.64. The molecule has 0 bridgehead atoms. The van der Waals surface area contributed by atoms with E-state index < -0.39 is 0 Å². The van der Waals surface area contributed by atoms with Gasteiger partial charge in [0, 0.05) is 10.6 Å².